The van der Waals surface area contributed by atoms with Crippen LogP contribution in [0.1, 0.15) is 38.2 Å². The second-order valence-electron chi connectivity index (χ2n) is 6.10. The summed E-state index contributed by atoms with van der Waals surface area (Å²) in [4.78, 5) is 2.71. The van der Waals surface area contributed by atoms with Crippen LogP contribution in [0.5, 0.6) is 0 Å². The molecule has 21 heavy (non-hydrogen) atoms. The molecule has 118 valence electrons. The van der Waals surface area contributed by atoms with Crippen molar-refractivity contribution < 1.29 is 8.42 Å². The minimum absolute atomic E-state index is 0.385. The first kappa shape index (κ1) is 16.5. The summed E-state index contributed by atoms with van der Waals surface area (Å²) in [7, 11) is -1.70. The van der Waals surface area contributed by atoms with E-state index in [1.165, 1.54) is 17.1 Å². The van der Waals surface area contributed by atoms with E-state index >= 15 is 0 Å². The van der Waals surface area contributed by atoms with Gasteiger partial charge in [-0.05, 0) is 49.5 Å². The first-order valence-corrected chi connectivity index (χ1v) is 9.14. The topological polar surface area (TPSA) is 40.6 Å². The van der Waals surface area contributed by atoms with Crippen molar-refractivity contribution in [1.82, 2.24) is 9.21 Å². The van der Waals surface area contributed by atoms with Crippen LogP contribution in [0.4, 0.5) is 0 Å². The van der Waals surface area contributed by atoms with Crippen LogP contribution in [0.25, 0.3) is 0 Å². The maximum absolute atomic E-state index is 12.5. The molecule has 0 spiro atoms. The third-order valence-electron chi connectivity index (χ3n) is 4.18. The number of hydrogen-bond acceptors (Lipinski definition) is 3. The van der Waals surface area contributed by atoms with Gasteiger partial charge in [0, 0.05) is 20.1 Å². The molecule has 0 saturated carbocycles. The van der Waals surface area contributed by atoms with Crippen molar-refractivity contribution in [3.8, 4) is 0 Å². The Hall–Kier alpha value is -0.910. The van der Waals surface area contributed by atoms with Crippen molar-refractivity contribution in [2.45, 2.75) is 37.5 Å². The molecule has 0 aliphatic carbocycles. The van der Waals surface area contributed by atoms with E-state index in [1.807, 2.05) is 12.1 Å². The Bertz CT molecular complexity index is 546. The van der Waals surface area contributed by atoms with E-state index in [0.29, 0.717) is 17.4 Å². The van der Waals surface area contributed by atoms with Crippen LogP contribution in [0.2, 0.25) is 0 Å². The fourth-order valence-corrected chi connectivity index (χ4v) is 3.78. The van der Waals surface area contributed by atoms with Crippen LogP contribution in [0, 0.1) is 0 Å². The van der Waals surface area contributed by atoms with Gasteiger partial charge in [-0.1, -0.05) is 26.0 Å². The molecule has 4 nitrogen and oxygen atoms in total. The quantitative estimate of drug-likeness (QED) is 0.810. The molecule has 1 aliphatic rings. The van der Waals surface area contributed by atoms with Gasteiger partial charge in [0.2, 0.25) is 10.0 Å². The standard InChI is InChI=1S/C16H26N2O2S/c1-14(2)15-6-8-16(9-7-15)21(19,20)17(3)12-13-18-10-4-5-11-18/h6-9,14H,4-5,10-13H2,1-3H3. The molecule has 0 aromatic heterocycles. The third-order valence-corrected chi connectivity index (χ3v) is 6.06. The highest BCUT2D eigenvalue weighted by molar-refractivity contribution is 7.89. The lowest BCUT2D eigenvalue weighted by Crippen LogP contribution is -2.35. The number of likely N-dealkylation sites (tertiary alicyclic amines) is 1. The molecule has 5 heteroatoms. The predicted octanol–water partition coefficient (Wildman–Crippen LogP) is 2.53. The van der Waals surface area contributed by atoms with Gasteiger partial charge >= 0.3 is 0 Å². The van der Waals surface area contributed by atoms with E-state index < -0.39 is 10.0 Å². The molecular weight excluding hydrogens is 284 g/mol. The number of hydrogen-bond donors (Lipinski definition) is 0. The molecule has 0 N–H and O–H groups in total. The lowest BCUT2D eigenvalue weighted by atomic mass is 10.0. The molecule has 0 radical (unpaired) electrons. The maximum Gasteiger partial charge on any atom is 0.242 e. The molecule has 0 atom stereocenters. The Morgan fingerprint density at radius 3 is 2.24 bits per heavy atom. The van der Waals surface area contributed by atoms with Gasteiger partial charge in [-0.15, -0.1) is 0 Å². The molecule has 0 bridgehead atoms. The first-order chi connectivity index (χ1) is 9.91. The van der Waals surface area contributed by atoms with Gasteiger partial charge in [-0.2, -0.15) is 4.31 Å². The molecule has 1 aliphatic heterocycles. The fourth-order valence-electron chi connectivity index (χ4n) is 2.61. The van der Waals surface area contributed by atoms with E-state index in [4.69, 9.17) is 0 Å². The molecule has 1 heterocycles. The Kier molecular flexibility index (Phi) is 5.41. The largest absolute Gasteiger partial charge is 0.302 e. The summed E-state index contributed by atoms with van der Waals surface area (Å²) in [6, 6.07) is 7.26. The van der Waals surface area contributed by atoms with Crippen molar-refractivity contribution in [3.63, 3.8) is 0 Å². The summed E-state index contributed by atoms with van der Waals surface area (Å²) < 4.78 is 26.5. The van der Waals surface area contributed by atoms with Crippen molar-refractivity contribution >= 4 is 10.0 Å². The molecule has 1 aromatic carbocycles. The van der Waals surface area contributed by atoms with E-state index in [0.717, 1.165) is 25.2 Å². The highest BCUT2D eigenvalue weighted by Crippen LogP contribution is 2.19. The van der Waals surface area contributed by atoms with Gasteiger partial charge in [0.25, 0.3) is 0 Å². The zero-order valence-corrected chi connectivity index (χ0v) is 14.1. The Morgan fingerprint density at radius 2 is 1.71 bits per heavy atom. The van der Waals surface area contributed by atoms with Gasteiger partial charge in [0.1, 0.15) is 0 Å². The average Bonchev–Trinajstić information content (AvgIpc) is 2.98. The molecular formula is C16H26N2O2S. The second-order valence-corrected chi connectivity index (χ2v) is 8.14. The van der Waals surface area contributed by atoms with Gasteiger partial charge in [-0.3, -0.25) is 0 Å². The van der Waals surface area contributed by atoms with Crippen molar-refractivity contribution in [3.05, 3.63) is 29.8 Å². The highest BCUT2D eigenvalue weighted by atomic mass is 32.2. The monoisotopic (exact) mass is 310 g/mol. The van der Waals surface area contributed by atoms with Gasteiger partial charge < -0.3 is 4.90 Å². The van der Waals surface area contributed by atoms with E-state index in [9.17, 15) is 8.42 Å². The van der Waals surface area contributed by atoms with Gasteiger partial charge in [0.05, 0.1) is 4.90 Å². The van der Waals surface area contributed by atoms with Crippen LogP contribution in [0.3, 0.4) is 0 Å². The summed E-state index contributed by atoms with van der Waals surface area (Å²) in [6.45, 7) is 7.76. The summed E-state index contributed by atoms with van der Waals surface area (Å²) in [5.74, 6) is 0.412. The number of sulfonamides is 1. The van der Waals surface area contributed by atoms with Crippen LogP contribution >= 0.6 is 0 Å². The minimum Gasteiger partial charge on any atom is -0.302 e. The second kappa shape index (κ2) is 6.90. The average molecular weight is 310 g/mol. The summed E-state index contributed by atoms with van der Waals surface area (Å²) in [5.41, 5.74) is 1.16. The SMILES string of the molecule is CC(C)c1ccc(S(=O)(=O)N(C)CCN2CCCC2)cc1. The molecule has 1 aromatic rings. The van der Waals surface area contributed by atoms with Gasteiger partial charge in [-0.25, -0.2) is 8.42 Å². The third kappa shape index (κ3) is 4.05. The van der Waals surface area contributed by atoms with E-state index in [1.54, 1.807) is 19.2 Å². The Morgan fingerprint density at radius 1 is 1.14 bits per heavy atom. The zero-order chi connectivity index (χ0) is 15.5. The molecule has 0 amide bonds. The summed E-state index contributed by atoms with van der Waals surface area (Å²) >= 11 is 0. The van der Waals surface area contributed by atoms with Crippen molar-refractivity contribution in [1.29, 1.82) is 0 Å². The van der Waals surface area contributed by atoms with Crippen molar-refractivity contribution in [2.75, 3.05) is 33.2 Å². The molecule has 1 saturated heterocycles. The van der Waals surface area contributed by atoms with Crippen LogP contribution in [0.15, 0.2) is 29.2 Å². The number of nitrogens with zero attached hydrogens (tertiary/aromatic N) is 2. The number of benzene rings is 1. The smallest absolute Gasteiger partial charge is 0.242 e. The van der Waals surface area contributed by atoms with Crippen molar-refractivity contribution in [2.24, 2.45) is 0 Å². The number of likely N-dealkylation sites (N-methyl/N-ethyl adjacent to an activating group) is 1. The zero-order valence-electron chi connectivity index (χ0n) is 13.2. The van der Waals surface area contributed by atoms with Crippen LogP contribution in [-0.2, 0) is 10.0 Å². The van der Waals surface area contributed by atoms with E-state index in [-0.39, 0.29) is 0 Å². The summed E-state index contributed by atoms with van der Waals surface area (Å²) in [6.07, 6.45) is 2.46. The lowest BCUT2D eigenvalue weighted by molar-refractivity contribution is 0.310. The highest BCUT2D eigenvalue weighted by Gasteiger charge is 2.22. The molecule has 0 unspecified atom stereocenters. The number of rotatable bonds is 6. The summed E-state index contributed by atoms with van der Waals surface area (Å²) in [5, 5.41) is 0. The Balaban J connectivity index is 2.01. The molecule has 2 rings (SSSR count). The fraction of sp³-hybridized carbons (Fsp3) is 0.625. The predicted molar refractivity (Wildman–Crippen MR) is 86.0 cm³/mol. The normalized spacial score (nSPS) is 17.0. The lowest BCUT2D eigenvalue weighted by Gasteiger charge is -2.21. The minimum atomic E-state index is -3.37. The first-order valence-electron chi connectivity index (χ1n) is 7.70. The van der Waals surface area contributed by atoms with E-state index in [2.05, 4.69) is 18.7 Å². The molecule has 1 fully saturated rings. The maximum atomic E-state index is 12.5. The van der Waals surface area contributed by atoms with Crippen LogP contribution in [-0.4, -0.2) is 50.8 Å². The Labute approximate surface area is 128 Å². The van der Waals surface area contributed by atoms with Crippen LogP contribution < -0.4 is 0 Å². The van der Waals surface area contributed by atoms with Gasteiger partial charge in [0.15, 0.2) is 0 Å².